The summed E-state index contributed by atoms with van der Waals surface area (Å²) in [5.74, 6) is -1.72. The van der Waals surface area contributed by atoms with Crippen LogP contribution in [-0.4, -0.2) is 98.1 Å². The highest BCUT2D eigenvalue weighted by Crippen LogP contribution is 2.10. The molecule has 0 bridgehead atoms. The van der Waals surface area contributed by atoms with Crippen molar-refractivity contribution in [3.8, 4) is 0 Å². The molecular formula is C52H92N4O6. The van der Waals surface area contributed by atoms with E-state index in [1.165, 1.54) is 77.0 Å². The van der Waals surface area contributed by atoms with Gasteiger partial charge in [0.05, 0.1) is 12.8 Å². The van der Waals surface area contributed by atoms with Crippen molar-refractivity contribution in [1.29, 1.82) is 0 Å². The first-order chi connectivity index (χ1) is 30.3. The van der Waals surface area contributed by atoms with Gasteiger partial charge in [-0.2, -0.15) is 0 Å². The third-order valence-corrected chi connectivity index (χ3v) is 11.3. The van der Waals surface area contributed by atoms with Crippen LogP contribution in [0, 0.1) is 0 Å². The van der Waals surface area contributed by atoms with Gasteiger partial charge in [-0.1, -0.05) is 128 Å². The van der Waals surface area contributed by atoms with Crippen molar-refractivity contribution in [2.75, 3.05) is 52.5 Å². The Morgan fingerprint density at radius 1 is 0.419 bits per heavy atom. The van der Waals surface area contributed by atoms with Crippen molar-refractivity contribution in [3.63, 3.8) is 0 Å². The molecule has 2 atom stereocenters. The largest absolute Gasteiger partial charge is 0.463 e. The number of carbonyl (C=O) groups is 4. The van der Waals surface area contributed by atoms with Crippen molar-refractivity contribution in [2.45, 2.75) is 207 Å². The number of hydrogen-bond donors (Lipinski definition) is 2. The molecule has 1 rings (SSSR count). The predicted octanol–water partition coefficient (Wildman–Crippen LogP) is 11.1. The Kier molecular flexibility index (Phi) is 38.2. The van der Waals surface area contributed by atoms with Gasteiger partial charge in [-0.15, -0.1) is 0 Å². The molecule has 62 heavy (non-hydrogen) atoms. The molecule has 0 aromatic rings. The summed E-state index contributed by atoms with van der Waals surface area (Å²) >= 11 is 0. The normalized spacial score (nSPS) is 15.8. The summed E-state index contributed by atoms with van der Waals surface area (Å²) in [4.78, 5) is 56.1. The van der Waals surface area contributed by atoms with Gasteiger partial charge >= 0.3 is 11.9 Å². The number of hydrogen-bond acceptors (Lipinski definition) is 8. The quantitative estimate of drug-likeness (QED) is 0.0354. The Balaban J connectivity index is 2.52. The van der Waals surface area contributed by atoms with Gasteiger partial charge in [0.2, 0.25) is 11.8 Å². The SMILES string of the molecule is CCCCC/C=C\CCCN(CCC/C=C\CCCCC)CCC(=O)OC[C@@H]1NC(=O)[C@H](COC(=O)CCN(CCC/C=C\CCCCC)CCC/C=C\CCCCC)NC1=O. The highest BCUT2D eigenvalue weighted by atomic mass is 16.5. The number of ether oxygens (including phenoxy) is 2. The second-order valence-corrected chi connectivity index (χ2v) is 17.1. The first-order valence-corrected chi connectivity index (χ1v) is 25.3. The van der Waals surface area contributed by atoms with Crippen LogP contribution in [0.3, 0.4) is 0 Å². The predicted molar refractivity (Wildman–Crippen MR) is 258 cm³/mol. The first kappa shape index (κ1) is 56.8. The number of nitrogens with one attached hydrogen (secondary N) is 2. The molecule has 0 unspecified atom stereocenters. The molecule has 0 aromatic carbocycles. The lowest BCUT2D eigenvalue weighted by molar-refractivity contribution is -0.152. The van der Waals surface area contributed by atoms with Gasteiger partial charge in [-0.05, 0) is 129 Å². The van der Waals surface area contributed by atoms with Crippen LogP contribution in [0.4, 0.5) is 0 Å². The molecule has 10 heteroatoms. The number of unbranched alkanes of at least 4 members (excludes halogenated alkanes) is 16. The minimum absolute atomic E-state index is 0.213. The van der Waals surface area contributed by atoms with Crippen molar-refractivity contribution >= 4 is 23.8 Å². The smallest absolute Gasteiger partial charge is 0.307 e. The number of allylic oxidation sites excluding steroid dienone is 8. The van der Waals surface area contributed by atoms with E-state index in [4.69, 9.17) is 9.47 Å². The van der Waals surface area contributed by atoms with Gasteiger partial charge in [0.1, 0.15) is 25.3 Å². The number of piperazine rings is 1. The lowest BCUT2D eigenvalue weighted by atomic mass is 10.1. The van der Waals surface area contributed by atoms with Crippen LogP contribution in [0.15, 0.2) is 48.6 Å². The molecule has 2 amide bonds. The number of esters is 2. The van der Waals surface area contributed by atoms with Crippen LogP contribution in [-0.2, 0) is 28.7 Å². The lowest BCUT2D eigenvalue weighted by Gasteiger charge is -2.29. The Morgan fingerprint density at radius 3 is 0.935 bits per heavy atom. The molecule has 1 fully saturated rings. The first-order valence-electron chi connectivity index (χ1n) is 25.3. The minimum atomic E-state index is -0.992. The Hall–Kier alpha value is -3.24. The zero-order valence-electron chi connectivity index (χ0n) is 40.2. The molecule has 1 heterocycles. The summed E-state index contributed by atoms with van der Waals surface area (Å²) in [6.07, 6.45) is 46.4. The van der Waals surface area contributed by atoms with Gasteiger partial charge in [0.25, 0.3) is 0 Å². The maximum Gasteiger partial charge on any atom is 0.307 e. The van der Waals surface area contributed by atoms with Gasteiger partial charge in [-0.25, -0.2) is 0 Å². The van der Waals surface area contributed by atoms with E-state index in [0.29, 0.717) is 13.1 Å². The molecule has 1 saturated heterocycles. The van der Waals surface area contributed by atoms with Gasteiger partial charge in [0.15, 0.2) is 0 Å². The monoisotopic (exact) mass is 869 g/mol. The molecule has 1 aliphatic rings. The standard InChI is InChI=1S/C52H92N4O6/c1-5-9-13-17-21-25-29-33-39-55(40-34-30-26-22-18-14-10-6-2)43-37-49(57)61-45-47-51(59)54-48(52(60)53-47)46-62-50(58)38-44-56(41-35-31-27-23-19-15-11-7-3)42-36-32-28-24-20-16-12-8-4/h21-28,47-48H,5-20,29-46H2,1-4H3,(H,53,60)(H,54,59)/b25-21-,26-22-,27-23-,28-24-/t47-,48-/m0/s1. The molecule has 1 aliphatic heterocycles. The summed E-state index contributed by atoms with van der Waals surface area (Å²) in [5, 5.41) is 5.31. The third-order valence-electron chi connectivity index (χ3n) is 11.3. The second kappa shape index (κ2) is 41.8. The highest BCUT2D eigenvalue weighted by Gasteiger charge is 2.35. The zero-order chi connectivity index (χ0) is 45.1. The zero-order valence-corrected chi connectivity index (χ0v) is 40.2. The summed E-state index contributed by atoms with van der Waals surface area (Å²) < 4.78 is 11.0. The lowest BCUT2D eigenvalue weighted by Crippen LogP contribution is -2.64. The minimum Gasteiger partial charge on any atom is -0.463 e. The topological polar surface area (TPSA) is 117 Å². The number of nitrogens with zero attached hydrogens (tertiary/aromatic N) is 2. The van der Waals surface area contributed by atoms with Crippen molar-refractivity contribution in [2.24, 2.45) is 0 Å². The van der Waals surface area contributed by atoms with E-state index in [0.717, 1.165) is 103 Å². The van der Waals surface area contributed by atoms with E-state index in [2.05, 4.69) is 96.7 Å². The Bertz CT molecular complexity index is 1100. The maximum absolute atomic E-state index is 12.9. The van der Waals surface area contributed by atoms with Crippen LogP contribution < -0.4 is 10.6 Å². The maximum atomic E-state index is 12.9. The average Bonchev–Trinajstić information content (AvgIpc) is 3.27. The van der Waals surface area contributed by atoms with E-state index < -0.39 is 35.8 Å². The van der Waals surface area contributed by atoms with Crippen LogP contribution in [0.25, 0.3) is 0 Å². The summed E-state index contributed by atoms with van der Waals surface area (Å²) in [5.41, 5.74) is 0. The van der Waals surface area contributed by atoms with Crippen LogP contribution in [0.2, 0.25) is 0 Å². The highest BCUT2D eigenvalue weighted by molar-refractivity contribution is 5.97. The van der Waals surface area contributed by atoms with Gasteiger partial charge in [-0.3, -0.25) is 19.2 Å². The molecular weight excluding hydrogens is 777 g/mol. The second-order valence-electron chi connectivity index (χ2n) is 17.1. The van der Waals surface area contributed by atoms with Crippen LogP contribution in [0.5, 0.6) is 0 Å². The Morgan fingerprint density at radius 2 is 0.677 bits per heavy atom. The number of amides is 2. The van der Waals surface area contributed by atoms with Crippen molar-refractivity contribution < 1.29 is 28.7 Å². The van der Waals surface area contributed by atoms with Crippen molar-refractivity contribution in [3.05, 3.63) is 48.6 Å². The molecule has 0 saturated carbocycles. The summed E-state index contributed by atoms with van der Waals surface area (Å²) in [7, 11) is 0. The Labute approximate surface area is 379 Å². The third kappa shape index (κ3) is 33.3. The van der Waals surface area contributed by atoms with Crippen molar-refractivity contribution in [1.82, 2.24) is 20.4 Å². The molecule has 0 spiro atoms. The molecule has 2 N–H and O–H groups in total. The van der Waals surface area contributed by atoms with E-state index in [9.17, 15) is 19.2 Å². The molecule has 0 radical (unpaired) electrons. The van der Waals surface area contributed by atoms with E-state index in [1.807, 2.05) is 0 Å². The summed E-state index contributed by atoms with van der Waals surface area (Å²) in [6.45, 7) is 13.2. The fourth-order valence-corrected chi connectivity index (χ4v) is 7.30. The fraction of sp³-hybridized carbons (Fsp3) is 0.769. The van der Waals surface area contributed by atoms with E-state index in [1.54, 1.807) is 0 Å². The average molecular weight is 869 g/mol. The van der Waals surface area contributed by atoms with Crippen LogP contribution >= 0.6 is 0 Å². The van der Waals surface area contributed by atoms with Gasteiger partial charge < -0.3 is 29.9 Å². The fourth-order valence-electron chi connectivity index (χ4n) is 7.30. The van der Waals surface area contributed by atoms with E-state index >= 15 is 0 Å². The molecule has 0 aromatic heterocycles. The molecule has 10 nitrogen and oxygen atoms in total. The molecule has 356 valence electrons. The number of rotatable bonds is 42. The van der Waals surface area contributed by atoms with Gasteiger partial charge in [0, 0.05) is 13.1 Å². The molecule has 0 aliphatic carbocycles. The summed E-state index contributed by atoms with van der Waals surface area (Å²) in [6, 6.07) is -1.98. The van der Waals surface area contributed by atoms with Crippen LogP contribution in [0.1, 0.15) is 195 Å². The van der Waals surface area contributed by atoms with E-state index in [-0.39, 0.29) is 26.1 Å². The number of carbonyl (C=O) groups excluding carboxylic acids is 4.